The number of piperazine rings is 1. The normalized spacial score (nSPS) is 26.0. The molecule has 0 aromatic heterocycles. The average molecular weight is 432 g/mol. The van der Waals surface area contributed by atoms with Gasteiger partial charge >= 0.3 is 18.1 Å². The zero-order valence-corrected chi connectivity index (χ0v) is 17.6. The van der Waals surface area contributed by atoms with Gasteiger partial charge in [0.15, 0.2) is 0 Å². The van der Waals surface area contributed by atoms with Crippen LogP contribution in [0.15, 0.2) is 24.3 Å². The highest BCUT2D eigenvalue weighted by Gasteiger charge is 2.42. The van der Waals surface area contributed by atoms with Crippen molar-refractivity contribution < 1.29 is 29.0 Å². The van der Waals surface area contributed by atoms with Crippen LogP contribution in [0.1, 0.15) is 18.4 Å². The Morgan fingerprint density at radius 2 is 2.03 bits per heavy atom. The molecule has 0 saturated carbocycles. The van der Waals surface area contributed by atoms with Crippen molar-refractivity contribution in [3.8, 4) is 0 Å². The Kier molecular flexibility index (Phi) is 6.01. The first kappa shape index (κ1) is 21.4. The third kappa shape index (κ3) is 4.17. The molecule has 3 saturated heterocycles. The van der Waals surface area contributed by atoms with E-state index in [2.05, 4.69) is 5.32 Å². The molecule has 3 heterocycles. The number of esters is 1. The molecule has 2 atom stereocenters. The molecule has 0 bridgehead atoms. The van der Waals surface area contributed by atoms with Gasteiger partial charge in [-0.15, -0.1) is 0 Å². The van der Waals surface area contributed by atoms with Gasteiger partial charge < -0.3 is 29.7 Å². The molecule has 0 aliphatic carbocycles. The van der Waals surface area contributed by atoms with E-state index in [0.717, 1.165) is 17.8 Å². The summed E-state index contributed by atoms with van der Waals surface area (Å²) in [4.78, 5) is 40.6. The maximum atomic E-state index is 12.9. The third-order valence-corrected chi connectivity index (χ3v) is 6.36. The van der Waals surface area contributed by atoms with Crippen LogP contribution in [0.25, 0.3) is 0 Å². The van der Waals surface area contributed by atoms with Crippen LogP contribution in [-0.2, 0) is 19.9 Å². The quantitative estimate of drug-likeness (QED) is 0.669. The topological polar surface area (TPSA) is 112 Å². The molecule has 10 heteroatoms. The van der Waals surface area contributed by atoms with Gasteiger partial charge in [0.05, 0.1) is 19.8 Å². The molecule has 3 aliphatic heterocycles. The van der Waals surface area contributed by atoms with Crippen LogP contribution in [0.2, 0.25) is 0 Å². The Morgan fingerprint density at radius 3 is 2.68 bits per heavy atom. The number of hydrogen-bond donors (Lipinski definition) is 2. The number of morpholine rings is 1. The van der Waals surface area contributed by atoms with Crippen LogP contribution >= 0.6 is 0 Å². The Bertz CT molecular complexity index is 839. The monoisotopic (exact) mass is 432 g/mol. The molecule has 3 amide bonds. The largest absolute Gasteiger partial charge is 0.469 e. The molecule has 10 nitrogen and oxygen atoms in total. The second kappa shape index (κ2) is 8.72. The van der Waals surface area contributed by atoms with E-state index in [1.165, 1.54) is 12.0 Å². The van der Waals surface area contributed by atoms with E-state index in [1.807, 2.05) is 24.3 Å². The summed E-state index contributed by atoms with van der Waals surface area (Å²) in [6.45, 7) is 3.40. The van der Waals surface area contributed by atoms with Gasteiger partial charge in [0.2, 0.25) is 0 Å². The smallest absolute Gasteiger partial charge is 0.407 e. The van der Waals surface area contributed by atoms with Gasteiger partial charge in [0, 0.05) is 51.4 Å². The van der Waals surface area contributed by atoms with Crippen molar-refractivity contribution in [2.24, 2.45) is 0 Å². The number of ether oxygens (including phenoxy) is 2. The number of amides is 3. The van der Waals surface area contributed by atoms with E-state index in [4.69, 9.17) is 9.47 Å². The fourth-order valence-electron chi connectivity index (χ4n) is 4.60. The predicted octanol–water partition coefficient (Wildman–Crippen LogP) is 1.06. The summed E-state index contributed by atoms with van der Waals surface area (Å²) in [5, 5.41) is 12.6. The van der Waals surface area contributed by atoms with Crippen molar-refractivity contribution >= 4 is 23.8 Å². The van der Waals surface area contributed by atoms with Gasteiger partial charge in [-0.1, -0.05) is 12.1 Å². The van der Waals surface area contributed by atoms with Gasteiger partial charge in [0.1, 0.15) is 5.60 Å². The van der Waals surface area contributed by atoms with E-state index < -0.39 is 11.7 Å². The van der Waals surface area contributed by atoms with Crippen molar-refractivity contribution in [3.63, 3.8) is 0 Å². The number of nitrogens with one attached hydrogen (secondary N) is 1. The summed E-state index contributed by atoms with van der Waals surface area (Å²) in [5.41, 5.74) is 1.07. The summed E-state index contributed by atoms with van der Waals surface area (Å²) >= 11 is 0. The second-order valence-electron chi connectivity index (χ2n) is 8.11. The van der Waals surface area contributed by atoms with Gasteiger partial charge in [-0.05, 0) is 24.1 Å². The van der Waals surface area contributed by atoms with Gasteiger partial charge in [-0.3, -0.25) is 9.69 Å². The van der Waals surface area contributed by atoms with E-state index in [0.29, 0.717) is 45.8 Å². The van der Waals surface area contributed by atoms with Crippen LogP contribution in [0.5, 0.6) is 0 Å². The van der Waals surface area contributed by atoms with Crippen molar-refractivity contribution in [1.82, 2.24) is 15.1 Å². The average Bonchev–Trinajstić information content (AvgIpc) is 3.14. The highest BCUT2D eigenvalue weighted by Crippen LogP contribution is 2.34. The molecule has 1 aromatic carbocycles. The summed E-state index contributed by atoms with van der Waals surface area (Å²) in [7, 11) is 1.38. The van der Waals surface area contributed by atoms with Crippen molar-refractivity contribution in [2.45, 2.75) is 24.5 Å². The number of carboxylic acid groups (broad SMARTS) is 1. The number of carbonyl (C=O) groups is 3. The van der Waals surface area contributed by atoms with E-state index in [-0.39, 0.29) is 24.5 Å². The SMILES string of the molecule is COC(=O)CCC1(c2ccc(N3CC4CN(C(=O)O)CCN4C3=O)cc2)CNCCO1. The number of carbonyl (C=O) groups excluding carboxylic acids is 2. The number of benzene rings is 1. The van der Waals surface area contributed by atoms with Gasteiger partial charge in [0.25, 0.3) is 0 Å². The number of rotatable bonds is 5. The number of urea groups is 1. The standard InChI is InChI=1S/C21H28N4O6/c1-30-18(26)6-7-21(14-22-8-11-31-21)15-2-4-16(5-3-15)25-13-17-12-23(20(28)29)9-10-24(17)19(25)27/h2-5,17,22H,6-14H2,1H3,(H,28,29). The first-order chi connectivity index (χ1) is 14.9. The lowest BCUT2D eigenvalue weighted by atomic mass is 9.87. The predicted molar refractivity (Wildman–Crippen MR) is 111 cm³/mol. The first-order valence-corrected chi connectivity index (χ1v) is 10.5. The fraction of sp³-hybridized carbons (Fsp3) is 0.571. The van der Waals surface area contributed by atoms with Crippen LogP contribution in [-0.4, -0.2) is 92.0 Å². The summed E-state index contributed by atoms with van der Waals surface area (Å²) in [5.74, 6) is -0.278. The minimum absolute atomic E-state index is 0.0984. The molecule has 2 N–H and O–H groups in total. The van der Waals surface area contributed by atoms with Gasteiger partial charge in [-0.2, -0.15) is 0 Å². The number of methoxy groups -OCH3 is 1. The lowest BCUT2D eigenvalue weighted by Gasteiger charge is -2.38. The number of anilines is 1. The van der Waals surface area contributed by atoms with Crippen molar-refractivity contribution in [1.29, 1.82) is 0 Å². The Balaban J connectivity index is 1.50. The summed E-state index contributed by atoms with van der Waals surface area (Å²) < 4.78 is 10.9. The first-order valence-electron chi connectivity index (χ1n) is 10.5. The number of hydrogen-bond acceptors (Lipinski definition) is 6. The molecule has 0 radical (unpaired) electrons. The minimum Gasteiger partial charge on any atom is -0.469 e. The van der Waals surface area contributed by atoms with Crippen LogP contribution in [0, 0.1) is 0 Å². The van der Waals surface area contributed by atoms with Crippen LogP contribution < -0.4 is 10.2 Å². The highest BCUT2D eigenvalue weighted by molar-refractivity contribution is 5.95. The van der Waals surface area contributed by atoms with Crippen LogP contribution in [0.4, 0.5) is 15.3 Å². The Morgan fingerprint density at radius 1 is 1.26 bits per heavy atom. The molecular formula is C21H28N4O6. The van der Waals surface area contributed by atoms with E-state index in [1.54, 1.807) is 9.80 Å². The second-order valence-corrected chi connectivity index (χ2v) is 8.11. The zero-order chi connectivity index (χ0) is 22.0. The molecule has 3 fully saturated rings. The molecule has 3 aliphatic rings. The molecule has 4 rings (SSSR count). The Labute approximate surface area is 180 Å². The minimum atomic E-state index is -0.951. The van der Waals surface area contributed by atoms with E-state index >= 15 is 0 Å². The van der Waals surface area contributed by atoms with Crippen LogP contribution in [0.3, 0.4) is 0 Å². The Hall–Kier alpha value is -2.85. The maximum absolute atomic E-state index is 12.9. The third-order valence-electron chi connectivity index (χ3n) is 6.36. The zero-order valence-electron chi connectivity index (χ0n) is 17.6. The lowest BCUT2D eigenvalue weighted by molar-refractivity contribution is -0.144. The summed E-state index contributed by atoms with van der Waals surface area (Å²) in [6.07, 6.45) is -0.204. The molecule has 0 spiro atoms. The summed E-state index contributed by atoms with van der Waals surface area (Å²) in [6, 6.07) is 7.41. The molecule has 168 valence electrons. The van der Waals surface area contributed by atoms with Gasteiger partial charge in [-0.25, -0.2) is 9.59 Å². The molecule has 31 heavy (non-hydrogen) atoms. The van der Waals surface area contributed by atoms with E-state index in [9.17, 15) is 19.5 Å². The fourth-order valence-corrected chi connectivity index (χ4v) is 4.60. The maximum Gasteiger partial charge on any atom is 0.407 e. The molecule has 2 unspecified atom stereocenters. The molecular weight excluding hydrogens is 404 g/mol. The number of nitrogens with zero attached hydrogens (tertiary/aromatic N) is 3. The van der Waals surface area contributed by atoms with Crippen molar-refractivity contribution in [2.75, 3.05) is 57.9 Å². The van der Waals surface area contributed by atoms with Crippen molar-refractivity contribution in [3.05, 3.63) is 29.8 Å². The number of fused-ring (bicyclic) bond motifs is 1. The lowest BCUT2D eigenvalue weighted by Crippen LogP contribution is -2.53. The highest BCUT2D eigenvalue weighted by atomic mass is 16.5. The molecule has 1 aromatic rings.